The van der Waals surface area contributed by atoms with E-state index >= 15 is 0 Å². The summed E-state index contributed by atoms with van der Waals surface area (Å²) in [5, 5.41) is 0. The number of benzene rings is 1. The molecule has 2 heteroatoms. The number of piperidine rings is 1. The Bertz CT molecular complexity index is 431. The molecule has 0 spiro atoms. The van der Waals surface area contributed by atoms with E-state index in [2.05, 4.69) is 50.8 Å². The molecule has 2 N–H and O–H groups in total. The minimum absolute atomic E-state index is 0.532. The number of hydrogen-bond donors (Lipinski definition) is 1. The number of nitrogens with zero attached hydrogens (tertiary/aromatic N) is 1. The fourth-order valence-electron chi connectivity index (χ4n) is 3.65. The Morgan fingerprint density at radius 3 is 2.35 bits per heavy atom. The van der Waals surface area contributed by atoms with Crippen LogP contribution in [0, 0.1) is 19.8 Å². The van der Waals surface area contributed by atoms with Crippen LogP contribution in [0.5, 0.6) is 0 Å². The quantitative estimate of drug-likeness (QED) is 0.911. The molecule has 1 unspecified atom stereocenters. The Morgan fingerprint density at radius 1 is 1.20 bits per heavy atom. The fourth-order valence-corrected chi connectivity index (χ4v) is 3.65. The van der Waals surface area contributed by atoms with E-state index in [1.807, 2.05) is 0 Å². The molecule has 0 amide bonds. The highest BCUT2D eigenvalue weighted by Gasteiger charge is 2.28. The molecule has 1 heterocycles. The highest BCUT2D eigenvalue weighted by Crippen LogP contribution is 2.34. The topological polar surface area (TPSA) is 29.3 Å². The Balaban J connectivity index is 2.09. The van der Waals surface area contributed by atoms with Crippen molar-refractivity contribution in [2.24, 2.45) is 11.7 Å². The molecule has 2 nitrogen and oxygen atoms in total. The first-order valence-corrected chi connectivity index (χ1v) is 8.04. The summed E-state index contributed by atoms with van der Waals surface area (Å²) >= 11 is 0. The number of hydrogen-bond acceptors (Lipinski definition) is 2. The van der Waals surface area contributed by atoms with Gasteiger partial charge in [-0.1, -0.05) is 23.8 Å². The third-order valence-electron chi connectivity index (χ3n) is 4.95. The summed E-state index contributed by atoms with van der Waals surface area (Å²) < 4.78 is 0. The van der Waals surface area contributed by atoms with Crippen molar-refractivity contribution in [3.63, 3.8) is 0 Å². The molecule has 0 aliphatic carbocycles. The zero-order valence-electron chi connectivity index (χ0n) is 13.5. The summed E-state index contributed by atoms with van der Waals surface area (Å²) in [6, 6.07) is 7.50. The van der Waals surface area contributed by atoms with Crippen molar-refractivity contribution >= 4 is 0 Å². The van der Waals surface area contributed by atoms with Gasteiger partial charge in [-0.15, -0.1) is 0 Å². The molecule has 1 fully saturated rings. The van der Waals surface area contributed by atoms with Crippen LogP contribution in [-0.2, 0) is 0 Å². The molecule has 2 rings (SSSR count). The second kappa shape index (κ2) is 6.73. The smallest absolute Gasteiger partial charge is 0.00385 e. The van der Waals surface area contributed by atoms with Gasteiger partial charge >= 0.3 is 0 Å². The van der Waals surface area contributed by atoms with Gasteiger partial charge in [-0.05, 0) is 83.1 Å². The Kier molecular flexibility index (Phi) is 5.22. The van der Waals surface area contributed by atoms with E-state index < -0.39 is 0 Å². The zero-order valence-corrected chi connectivity index (χ0v) is 13.5. The maximum Gasteiger partial charge on any atom is 0.00385 e. The van der Waals surface area contributed by atoms with E-state index in [4.69, 9.17) is 5.73 Å². The summed E-state index contributed by atoms with van der Waals surface area (Å²) in [6.07, 6.45) is 2.57. The largest absolute Gasteiger partial charge is 0.330 e. The molecular formula is C18H30N2. The van der Waals surface area contributed by atoms with Gasteiger partial charge in [0.15, 0.2) is 0 Å². The van der Waals surface area contributed by atoms with Crippen LogP contribution in [0.15, 0.2) is 18.2 Å². The van der Waals surface area contributed by atoms with Gasteiger partial charge in [0.1, 0.15) is 0 Å². The molecule has 0 saturated carbocycles. The van der Waals surface area contributed by atoms with Crippen LogP contribution in [0.2, 0.25) is 0 Å². The normalized spacial score (nSPS) is 19.5. The fraction of sp³-hybridized carbons (Fsp3) is 0.667. The van der Waals surface area contributed by atoms with Gasteiger partial charge in [-0.3, -0.25) is 0 Å². The summed E-state index contributed by atoms with van der Waals surface area (Å²) in [7, 11) is 0. The van der Waals surface area contributed by atoms with Crippen LogP contribution in [0.25, 0.3) is 0 Å². The Hall–Kier alpha value is -0.860. The first-order valence-electron chi connectivity index (χ1n) is 8.04. The van der Waals surface area contributed by atoms with E-state index in [9.17, 15) is 0 Å². The lowest BCUT2D eigenvalue weighted by molar-refractivity contribution is 0.138. The van der Waals surface area contributed by atoms with Crippen molar-refractivity contribution in [3.8, 4) is 0 Å². The minimum atomic E-state index is 0.532. The van der Waals surface area contributed by atoms with Crippen LogP contribution >= 0.6 is 0 Å². The van der Waals surface area contributed by atoms with Crippen LogP contribution in [0.1, 0.15) is 49.3 Å². The number of likely N-dealkylation sites (tertiary alicyclic amines) is 1. The molecular weight excluding hydrogens is 244 g/mol. The molecule has 20 heavy (non-hydrogen) atoms. The molecule has 1 saturated heterocycles. The van der Waals surface area contributed by atoms with Gasteiger partial charge in [0.05, 0.1) is 0 Å². The second-order valence-corrected chi connectivity index (χ2v) is 6.67. The van der Waals surface area contributed by atoms with Gasteiger partial charge < -0.3 is 10.6 Å². The maximum atomic E-state index is 6.12. The molecule has 1 aromatic rings. The molecule has 1 aromatic carbocycles. The van der Waals surface area contributed by atoms with Crippen LogP contribution < -0.4 is 5.73 Å². The third kappa shape index (κ3) is 3.42. The molecule has 0 aromatic heterocycles. The third-order valence-corrected chi connectivity index (χ3v) is 4.95. The summed E-state index contributed by atoms with van der Waals surface area (Å²) in [4.78, 5) is 2.59. The van der Waals surface area contributed by atoms with Gasteiger partial charge in [0.2, 0.25) is 0 Å². The van der Waals surface area contributed by atoms with E-state index in [1.165, 1.54) is 42.6 Å². The van der Waals surface area contributed by atoms with E-state index in [0.29, 0.717) is 12.0 Å². The maximum absolute atomic E-state index is 6.12. The van der Waals surface area contributed by atoms with Gasteiger partial charge in [0, 0.05) is 6.04 Å². The van der Waals surface area contributed by atoms with Crippen molar-refractivity contribution in [3.05, 3.63) is 34.9 Å². The van der Waals surface area contributed by atoms with Crippen molar-refractivity contribution in [1.82, 2.24) is 4.90 Å². The van der Waals surface area contributed by atoms with Gasteiger partial charge in [-0.25, -0.2) is 0 Å². The predicted octanol–water partition coefficient (Wildman–Crippen LogP) is 3.47. The molecule has 112 valence electrons. The SMILES string of the molecule is Cc1ccc(C(CN)C2CCN(C(C)C)CC2)c(C)c1. The Labute approximate surface area is 124 Å². The van der Waals surface area contributed by atoms with Crippen LogP contribution in [0.3, 0.4) is 0 Å². The molecule has 1 aliphatic rings. The number of aryl methyl sites for hydroxylation is 2. The average molecular weight is 274 g/mol. The summed E-state index contributed by atoms with van der Waals surface area (Å²) in [5.74, 6) is 1.28. The number of nitrogens with two attached hydrogens (primary N) is 1. The van der Waals surface area contributed by atoms with Gasteiger partial charge in [-0.2, -0.15) is 0 Å². The predicted molar refractivity (Wildman–Crippen MR) is 87.1 cm³/mol. The molecule has 0 radical (unpaired) electrons. The van der Waals surface area contributed by atoms with Crippen molar-refractivity contribution in [2.75, 3.05) is 19.6 Å². The molecule has 1 aliphatic heterocycles. The summed E-state index contributed by atoms with van der Waals surface area (Å²) in [5.41, 5.74) is 10.3. The minimum Gasteiger partial charge on any atom is -0.330 e. The van der Waals surface area contributed by atoms with Crippen molar-refractivity contribution in [2.45, 2.75) is 52.5 Å². The highest BCUT2D eigenvalue weighted by atomic mass is 15.1. The average Bonchev–Trinajstić information content (AvgIpc) is 2.42. The number of rotatable bonds is 4. The van der Waals surface area contributed by atoms with Crippen molar-refractivity contribution in [1.29, 1.82) is 0 Å². The second-order valence-electron chi connectivity index (χ2n) is 6.67. The van der Waals surface area contributed by atoms with Gasteiger partial charge in [0.25, 0.3) is 0 Å². The lowest BCUT2D eigenvalue weighted by atomic mass is 9.78. The highest BCUT2D eigenvalue weighted by molar-refractivity contribution is 5.34. The lowest BCUT2D eigenvalue weighted by Gasteiger charge is -2.38. The van der Waals surface area contributed by atoms with Crippen LogP contribution in [0.4, 0.5) is 0 Å². The van der Waals surface area contributed by atoms with Crippen molar-refractivity contribution < 1.29 is 0 Å². The molecule has 1 atom stereocenters. The summed E-state index contributed by atoms with van der Waals surface area (Å²) in [6.45, 7) is 12.2. The van der Waals surface area contributed by atoms with E-state index in [-0.39, 0.29) is 0 Å². The first-order chi connectivity index (χ1) is 9.52. The lowest BCUT2D eigenvalue weighted by Crippen LogP contribution is -2.40. The zero-order chi connectivity index (χ0) is 14.7. The van der Waals surface area contributed by atoms with E-state index in [0.717, 1.165) is 12.5 Å². The molecule has 0 bridgehead atoms. The van der Waals surface area contributed by atoms with E-state index in [1.54, 1.807) is 0 Å². The standard InChI is InChI=1S/C18H30N2/c1-13(2)20-9-7-16(8-10-20)18(12-19)17-6-5-14(3)11-15(17)4/h5-6,11,13,16,18H,7-10,12,19H2,1-4H3. The monoisotopic (exact) mass is 274 g/mol. The Morgan fingerprint density at radius 2 is 1.85 bits per heavy atom. The first kappa shape index (κ1) is 15.5. The van der Waals surface area contributed by atoms with Crippen LogP contribution in [-0.4, -0.2) is 30.6 Å².